The van der Waals surface area contributed by atoms with Crippen molar-refractivity contribution in [1.29, 1.82) is 0 Å². The van der Waals surface area contributed by atoms with Crippen LogP contribution in [0.25, 0.3) is 0 Å². The van der Waals surface area contributed by atoms with Gasteiger partial charge in [-0.25, -0.2) is 13.6 Å². The molecule has 1 aliphatic heterocycles. The van der Waals surface area contributed by atoms with Gasteiger partial charge in [0.25, 0.3) is 0 Å². The van der Waals surface area contributed by atoms with Gasteiger partial charge in [0.05, 0.1) is 11.4 Å². The van der Waals surface area contributed by atoms with E-state index in [9.17, 15) is 8.42 Å². The fraction of sp³-hybridized carbons (Fsp3) is 1.00. The molecule has 1 aliphatic carbocycles. The summed E-state index contributed by atoms with van der Waals surface area (Å²) in [4.78, 5) is 0. The molecule has 2 fully saturated rings. The van der Waals surface area contributed by atoms with E-state index in [1.54, 1.807) is 0 Å². The number of primary sulfonamides is 1. The predicted octanol–water partition coefficient (Wildman–Crippen LogP) is 1.65. The van der Waals surface area contributed by atoms with Gasteiger partial charge in [0, 0.05) is 6.61 Å². The largest absolute Gasteiger partial charge is 0.375 e. The lowest BCUT2D eigenvalue weighted by Gasteiger charge is -2.45. The summed E-state index contributed by atoms with van der Waals surface area (Å²) in [5, 5.41) is 5.14. The second-order valence-corrected chi connectivity index (χ2v) is 7.58. The Morgan fingerprint density at radius 3 is 2.76 bits per heavy atom. The molecule has 4 nitrogen and oxygen atoms in total. The van der Waals surface area contributed by atoms with E-state index in [1.807, 2.05) is 0 Å². The van der Waals surface area contributed by atoms with Crippen molar-refractivity contribution in [2.75, 3.05) is 12.4 Å². The molecule has 0 bridgehead atoms. The monoisotopic (exact) mass is 261 g/mol. The highest BCUT2D eigenvalue weighted by Gasteiger charge is 2.41. The molecule has 2 aliphatic rings. The van der Waals surface area contributed by atoms with Gasteiger partial charge in [-0.2, -0.15) is 0 Å². The summed E-state index contributed by atoms with van der Waals surface area (Å²) < 4.78 is 28.3. The lowest BCUT2D eigenvalue weighted by molar-refractivity contribution is -0.123. The van der Waals surface area contributed by atoms with Gasteiger partial charge in [-0.3, -0.25) is 0 Å². The van der Waals surface area contributed by atoms with Gasteiger partial charge >= 0.3 is 0 Å². The van der Waals surface area contributed by atoms with E-state index in [4.69, 9.17) is 9.88 Å². The van der Waals surface area contributed by atoms with Crippen molar-refractivity contribution in [1.82, 2.24) is 0 Å². The second kappa shape index (κ2) is 4.86. The zero-order chi connectivity index (χ0) is 12.5. The molecule has 0 radical (unpaired) electrons. The predicted molar refractivity (Wildman–Crippen MR) is 67.0 cm³/mol. The Morgan fingerprint density at radius 2 is 2.12 bits per heavy atom. The molecule has 3 unspecified atom stereocenters. The van der Waals surface area contributed by atoms with Gasteiger partial charge in [-0.1, -0.05) is 19.8 Å². The fourth-order valence-corrected chi connectivity index (χ4v) is 4.47. The van der Waals surface area contributed by atoms with E-state index in [-0.39, 0.29) is 17.3 Å². The van der Waals surface area contributed by atoms with Gasteiger partial charge < -0.3 is 4.74 Å². The van der Waals surface area contributed by atoms with Crippen LogP contribution in [-0.4, -0.2) is 26.4 Å². The first-order valence-corrected chi connectivity index (χ1v) is 8.25. The molecule has 0 aromatic rings. The summed E-state index contributed by atoms with van der Waals surface area (Å²) in [6.45, 7) is 2.94. The van der Waals surface area contributed by atoms with Gasteiger partial charge in [0.2, 0.25) is 10.0 Å². The van der Waals surface area contributed by atoms with E-state index >= 15 is 0 Å². The number of nitrogens with two attached hydrogens (primary N) is 1. The van der Waals surface area contributed by atoms with E-state index < -0.39 is 10.0 Å². The molecule has 1 heterocycles. The Kier molecular flexibility index (Phi) is 3.80. The number of sulfonamides is 1. The van der Waals surface area contributed by atoms with E-state index in [1.165, 1.54) is 12.8 Å². The van der Waals surface area contributed by atoms with Crippen LogP contribution in [0.2, 0.25) is 0 Å². The van der Waals surface area contributed by atoms with Crippen molar-refractivity contribution < 1.29 is 13.2 Å². The lowest BCUT2D eigenvalue weighted by atomic mass is 9.73. The maximum atomic E-state index is 11.2. The third-order valence-electron chi connectivity index (χ3n) is 4.11. The van der Waals surface area contributed by atoms with Crippen LogP contribution >= 0.6 is 0 Å². The van der Waals surface area contributed by atoms with Gasteiger partial charge in [0.1, 0.15) is 0 Å². The number of hydrogen-bond donors (Lipinski definition) is 1. The van der Waals surface area contributed by atoms with Crippen LogP contribution in [0.4, 0.5) is 0 Å². The summed E-state index contributed by atoms with van der Waals surface area (Å²) in [6.07, 6.45) is 6.32. The number of ether oxygens (including phenoxy) is 1. The summed E-state index contributed by atoms with van der Waals surface area (Å²) in [6, 6.07) is 0. The molecule has 0 amide bonds. The highest BCUT2D eigenvalue weighted by atomic mass is 32.2. The van der Waals surface area contributed by atoms with Crippen LogP contribution in [0.15, 0.2) is 0 Å². The minimum Gasteiger partial charge on any atom is -0.375 e. The van der Waals surface area contributed by atoms with Crippen molar-refractivity contribution in [2.45, 2.75) is 51.0 Å². The molecule has 17 heavy (non-hydrogen) atoms. The van der Waals surface area contributed by atoms with Gasteiger partial charge in [-0.05, 0) is 37.5 Å². The Hall–Kier alpha value is -0.130. The first-order chi connectivity index (χ1) is 7.89. The van der Waals surface area contributed by atoms with Crippen LogP contribution < -0.4 is 5.14 Å². The molecule has 0 aromatic carbocycles. The van der Waals surface area contributed by atoms with Crippen molar-refractivity contribution in [3.63, 3.8) is 0 Å². The topological polar surface area (TPSA) is 69.4 Å². The fourth-order valence-electron chi connectivity index (χ4n) is 3.53. The Labute approximate surface area is 104 Å². The van der Waals surface area contributed by atoms with Crippen LogP contribution in [0.5, 0.6) is 0 Å². The average molecular weight is 261 g/mol. The standard InChI is InChI=1S/C12H23NO3S/c1-10-3-2-5-12(7-10)8-11(4-6-16-12)9-17(13,14)15/h10-11H,2-9H2,1H3,(H2,13,14,15). The minimum absolute atomic E-state index is 0.0503. The van der Waals surface area contributed by atoms with Crippen LogP contribution in [0, 0.1) is 11.8 Å². The summed E-state index contributed by atoms with van der Waals surface area (Å²) >= 11 is 0. The Balaban J connectivity index is 2.01. The zero-order valence-electron chi connectivity index (χ0n) is 10.5. The van der Waals surface area contributed by atoms with Crippen LogP contribution in [0.3, 0.4) is 0 Å². The Morgan fingerprint density at radius 1 is 1.35 bits per heavy atom. The SMILES string of the molecule is CC1CCCC2(C1)CC(CS(N)(=O)=O)CCO2. The normalized spacial score (nSPS) is 39.4. The summed E-state index contributed by atoms with van der Waals surface area (Å²) in [7, 11) is -3.35. The van der Waals surface area contributed by atoms with Crippen molar-refractivity contribution in [3.05, 3.63) is 0 Å². The molecule has 2 N–H and O–H groups in total. The van der Waals surface area contributed by atoms with E-state index in [0.717, 1.165) is 25.7 Å². The maximum absolute atomic E-state index is 11.2. The molecule has 1 spiro atoms. The summed E-state index contributed by atoms with van der Waals surface area (Å²) in [5.41, 5.74) is -0.0503. The molecule has 1 saturated carbocycles. The molecular weight excluding hydrogens is 238 g/mol. The van der Waals surface area contributed by atoms with Gasteiger partial charge in [-0.15, -0.1) is 0 Å². The number of hydrogen-bond acceptors (Lipinski definition) is 3. The quantitative estimate of drug-likeness (QED) is 0.821. The van der Waals surface area contributed by atoms with Crippen molar-refractivity contribution >= 4 is 10.0 Å². The Bertz CT molecular complexity index is 364. The zero-order valence-corrected chi connectivity index (χ0v) is 11.3. The van der Waals surface area contributed by atoms with Gasteiger partial charge in [0.15, 0.2) is 0 Å². The second-order valence-electron chi connectivity index (χ2n) is 5.92. The highest BCUT2D eigenvalue weighted by molar-refractivity contribution is 7.89. The van der Waals surface area contributed by atoms with Crippen molar-refractivity contribution in [2.24, 2.45) is 17.0 Å². The molecule has 1 saturated heterocycles. The number of rotatable bonds is 2. The lowest BCUT2D eigenvalue weighted by Crippen LogP contribution is -2.45. The molecule has 100 valence electrons. The molecule has 5 heteroatoms. The average Bonchev–Trinajstić information content (AvgIpc) is 2.14. The molecular formula is C12H23NO3S. The minimum atomic E-state index is -3.35. The maximum Gasteiger partial charge on any atom is 0.209 e. The highest BCUT2D eigenvalue weighted by Crippen LogP contribution is 2.42. The molecule has 2 rings (SSSR count). The van der Waals surface area contributed by atoms with Crippen molar-refractivity contribution in [3.8, 4) is 0 Å². The van der Waals surface area contributed by atoms with E-state index in [2.05, 4.69) is 6.92 Å². The van der Waals surface area contributed by atoms with Crippen LogP contribution in [0.1, 0.15) is 45.4 Å². The molecule has 0 aromatic heterocycles. The van der Waals surface area contributed by atoms with E-state index in [0.29, 0.717) is 12.5 Å². The van der Waals surface area contributed by atoms with Crippen LogP contribution in [-0.2, 0) is 14.8 Å². The third-order valence-corrected chi connectivity index (χ3v) is 5.05. The smallest absolute Gasteiger partial charge is 0.209 e. The first-order valence-electron chi connectivity index (χ1n) is 6.53. The molecule has 3 atom stereocenters. The summed E-state index contributed by atoms with van der Waals surface area (Å²) in [5.74, 6) is 0.994. The third kappa shape index (κ3) is 3.66. The first kappa shape index (κ1) is 13.3.